The van der Waals surface area contributed by atoms with Gasteiger partial charge in [0.15, 0.2) is 0 Å². The van der Waals surface area contributed by atoms with E-state index < -0.39 is 17.2 Å². The molecule has 4 heteroatoms. The van der Waals surface area contributed by atoms with Gasteiger partial charge in [0.05, 0.1) is 5.41 Å². The number of ether oxygens (including phenoxy) is 2. The minimum Gasteiger partial charge on any atom is -0.481 e. The van der Waals surface area contributed by atoms with Gasteiger partial charge in [0, 0.05) is 12.3 Å². The predicted molar refractivity (Wildman–Crippen MR) is 71.8 cm³/mol. The number of hydrogen-bond acceptors (Lipinski definition) is 3. The van der Waals surface area contributed by atoms with Gasteiger partial charge >= 0.3 is 5.97 Å². The zero-order valence-electron chi connectivity index (χ0n) is 12.4. The summed E-state index contributed by atoms with van der Waals surface area (Å²) in [5.74, 6) is -0.269. The van der Waals surface area contributed by atoms with E-state index in [1.165, 1.54) is 25.7 Å². The van der Waals surface area contributed by atoms with Gasteiger partial charge in [0.25, 0.3) is 0 Å². The van der Waals surface area contributed by atoms with E-state index in [0.717, 1.165) is 18.8 Å². The van der Waals surface area contributed by atoms with Crippen LogP contribution in [0.1, 0.15) is 58.8 Å². The first-order valence-corrected chi connectivity index (χ1v) is 8.08. The summed E-state index contributed by atoms with van der Waals surface area (Å²) in [5, 5.41) is 9.91. The fourth-order valence-electron chi connectivity index (χ4n) is 5.12. The summed E-state index contributed by atoms with van der Waals surface area (Å²) in [6.07, 6.45) is 7.18. The molecule has 4 fully saturated rings. The summed E-state index contributed by atoms with van der Waals surface area (Å²) >= 11 is 0. The largest absolute Gasteiger partial charge is 0.481 e. The highest BCUT2D eigenvalue weighted by Gasteiger charge is 2.96. The Labute approximate surface area is 119 Å². The van der Waals surface area contributed by atoms with Crippen LogP contribution in [0.2, 0.25) is 0 Å². The summed E-state index contributed by atoms with van der Waals surface area (Å²) < 4.78 is 11.4. The van der Waals surface area contributed by atoms with Crippen molar-refractivity contribution in [3.63, 3.8) is 0 Å². The van der Waals surface area contributed by atoms with Crippen molar-refractivity contribution in [3.05, 3.63) is 0 Å². The van der Waals surface area contributed by atoms with Crippen molar-refractivity contribution >= 4 is 5.97 Å². The molecule has 0 spiro atoms. The maximum Gasteiger partial charge on any atom is 0.310 e. The number of carbonyl (C=O) groups is 1. The molecule has 112 valence electrons. The Morgan fingerprint density at radius 2 is 2.00 bits per heavy atom. The Balaban J connectivity index is 1.56. The van der Waals surface area contributed by atoms with Gasteiger partial charge in [-0.25, -0.2) is 0 Å². The van der Waals surface area contributed by atoms with Crippen LogP contribution in [0.25, 0.3) is 0 Å². The third kappa shape index (κ3) is 1.47. The van der Waals surface area contributed by atoms with Crippen molar-refractivity contribution in [2.75, 3.05) is 0 Å². The van der Waals surface area contributed by atoms with Crippen LogP contribution in [0.3, 0.4) is 0 Å². The molecule has 2 aliphatic heterocycles. The molecule has 0 aromatic rings. The molecular weight excluding hydrogens is 256 g/mol. The third-order valence-electron chi connectivity index (χ3n) is 6.50. The number of aliphatic carboxylic acids is 1. The van der Waals surface area contributed by atoms with E-state index in [1.54, 1.807) is 0 Å². The molecule has 2 saturated carbocycles. The second kappa shape index (κ2) is 3.77. The Kier molecular flexibility index (Phi) is 2.47. The molecule has 1 N–H and O–H groups in total. The summed E-state index contributed by atoms with van der Waals surface area (Å²) in [5.41, 5.74) is -0.641. The standard InChI is InChI=1S/C16H24O4/c1-10-4-3-5-12(8-10)9-14(13(17)18)6-7-15-16(19-15,20-15)11(14)2/h10-12H,3-9H2,1-2H3,(H,17,18). The molecule has 0 amide bonds. The molecule has 0 aromatic heterocycles. The highest BCUT2D eigenvalue weighted by molar-refractivity contribution is 5.76. The van der Waals surface area contributed by atoms with Crippen LogP contribution in [-0.2, 0) is 14.3 Å². The fraction of sp³-hybridized carbons (Fsp3) is 0.938. The quantitative estimate of drug-likeness (QED) is 0.807. The summed E-state index contributed by atoms with van der Waals surface area (Å²) in [4.78, 5) is 12.1. The molecule has 4 atom stereocenters. The smallest absolute Gasteiger partial charge is 0.310 e. The molecule has 4 nitrogen and oxygen atoms in total. The summed E-state index contributed by atoms with van der Waals surface area (Å²) in [7, 11) is 0. The Hall–Kier alpha value is -0.610. The van der Waals surface area contributed by atoms with Crippen molar-refractivity contribution in [2.24, 2.45) is 23.2 Å². The summed E-state index contributed by atoms with van der Waals surface area (Å²) in [6.45, 7) is 4.32. The van der Waals surface area contributed by atoms with Crippen LogP contribution in [0.5, 0.6) is 0 Å². The van der Waals surface area contributed by atoms with Crippen LogP contribution < -0.4 is 0 Å². The minimum absolute atomic E-state index is 0.0292. The van der Waals surface area contributed by atoms with Crippen molar-refractivity contribution in [2.45, 2.75) is 70.4 Å². The predicted octanol–water partition coefficient (Wildman–Crippen LogP) is 3.16. The van der Waals surface area contributed by atoms with Gasteiger partial charge in [0.1, 0.15) is 0 Å². The van der Waals surface area contributed by atoms with Gasteiger partial charge in [-0.1, -0.05) is 33.1 Å². The van der Waals surface area contributed by atoms with Crippen molar-refractivity contribution in [1.82, 2.24) is 0 Å². The lowest BCUT2D eigenvalue weighted by atomic mass is 9.61. The Morgan fingerprint density at radius 3 is 2.65 bits per heavy atom. The lowest BCUT2D eigenvalue weighted by molar-refractivity contribution is -0.163. The maximum absolute atomic E-state index is 12.1. The molecule has 4 rings (SSSR count). The zero-order chi connectivity index (χ0) is 14.2. The molecule has 4 aliphatic rings. The molecule has 0 aromatic carbocycles. The highest BCUT2D eigenvalue weighted by atomic mass is 17.0. The van der Waals surface area contributed by atoms with Crippen LogP contribution in [-0.4, -0.2) is 22.7 Å². The monoisotopic (exact) mass is 280 g/mol. The number of hydrogen-bond donors (Lipinski definition) is 1. The molecular formula is C16H24O4. The molecule has 20 heavy (non-hydrogen) atoms. The van der Waals surface area contributed by atoms with Crippen LogP contribution >= 0.6 is 0 Å². The Morgan fingerprint density at radius 1 is 1.25 bits per heavy atom. The third-order valence-corrected chi connectivity index (χ3v) is 6.50. The minimum atomic E-state index is -0.641. The highest BCUT2D eigenvalue weighted by Crippen LogP contribution is 2.79. The van der Waals surface area contributed by atoms with Crippen LogP contribution in [0, 0.1) is 23.2 Å². The van der Waals surface area contributed by atoms with Gasteiger partial charge in [-0.3, -0.25) is 4.79 Å². The zero-order valence-corrected chi connectivity index (χ0v) is 12.4. The second-order valence-electron chi connectivity index (χ2n) is 7.65. The van der Waals surface area contributed by atoms with Crippen LogP contribution in [0.15, 0.2) is 0 Å². The lowest BCUT2D eigenvalue weighted by Gasteiger charge is -2.40. The Bertz CT molecular complexity index is 453. The van der Waals surface area contributed by atoms with Gasteiger partial charge in [-0.05, 0) is 31.1 Å². The van der Waals surface area contributed by atoms with Gasteiger partial charge in [0.2, 0.25) is 11.6 Å². The van der Waals surface area contributed by atoms with E-state index in [2.05, 4.69) is 6.92 Å². The first-order chi connectivity index (χ1) is 9.44. The van der Waals surface area contributed by atoms with E-state index in [0.29, 0.717) is 12.3 Å². The van der Waals surface area contributed by atoms with Crippen molar-refractivity contribution in [3.8, 4) is 0 Å². The van der Waals surface area contributed by atoms with Crippen molar-refractivity contribution < 1.29 is 19.4 Å². The average Bonchev–Trinajstić information content (AvgIpc) is 3.20. The molecule has 2 aliphatic carbocycles. The normalized spacial score (nSPS) is 56.6. The lowest BCUT2D eigenvalue weighted by Crippen LogP contribution is -2.45. The number of carboxylic acids is 1. The van der Waals surface area contributed by atoms with E-state index in [9.17, 15) is 9.90 Å². The van der Waals surface area contributed by atoms with Crippen LogP contribution in [0.4, 0.5) is 0 Å². The van der Waals surface area contributed by atoms with Gasteiger partial charge < -0.3 is 14.6 Å². The topological polar surface area (TPSA) is 62.4 Å². The van der Waals surface area contributed by atoms with Gasteiger partial charge in [-0.15, -0.1) is 0 Å². The SMILES string of the molecule is CC1CCCC(CC2(C(=O)O)CCC34OC3(O4)C2C)C1. The average molecular weight is 280 g/mol. The van der Waals surface area contributed by atoms with E-state index >= 15 is 0 Å². The molecule has 4 unspecified atom stereocenters. The molecule has 2 heterocycles. The number of epoxide rings is 2. The number of rotatable bonds is 3. The first kappa shape index (κ1) is 13.1. The summed E-state index contributed by atoms with van der Waals surface area (Å²) in [6, 6.07) is 0. The first-order valence-electron chi connectivity index (χ1n) is 8.08. The van der Waals surface area contributed by atoms with E-state index in [4.69, 9.17) is 9.47 Å². The fourth-order valence-corrected chi connectivity index (χ4v) is 5.12. The number of carboxylic acid groups (broad SMARTS) is 1. The maximum atomic E-state index is 12.1. The molecule has 0 bridgehead atoms. The van der Waals surface area contributed by atoms with Gasteiger partial charge in [-0.2, -0.15) is 0 Å². The van der Waals surface area contributed by atoms with E-state index in [-0.39, 0.29) is 11.7 Å². The molecule has 2 saturated heterocycles. The molecule has 0 radical (unpaired) electrons. The van der Waals surface area contributed by atoms with Crippen molar-refractivity contribution in [1.29, 1.82) is 0 Å². The second-order valence-corrected chi connectivity index (χ2v) is 7.65. The van der Waals surface area contributed by atoms with E-state index in [1.807, 2.05) is 6.92 Å².